The highest BCUT2D eigenvalue weighted by atomic mass is 35.5. The molecule has 0 amide bonds. The zero-order valence-corrected chi connectivity index (χ0v) is 12.2. The molecule has 2 rings (SSSR count). The molecule has 0 radical (unpaired) electrons. The van der Waals surface area contributed by atoms with Gasteiger partial charge in [0.2, 0.25) is 16.0 Å². The molecular formula is C10H16ClN5O2S. The van der Waals surface area contributed by atoms with E-state index in [1.54, 1.807) is 13.0 Å². The summed E-state index contributed by atoms with van der Waals surface area (Å²) >= 11 is 5.83. The summed E-state index contributed by atoms with van der Waals surface area (Å²) in [6.45, 7) is 3.65. The number of sulfonamides is 1. The summed E-state index contributed by atoms with van der Waals surface area (Å²) in [6, 6.07) is 1.63. The van der Waals surface area contributed by atoms with Gasteiger partial charge >= 0.3 is 0 Å². The maximum absolute atomic E-state index is 11.7. The van der Waals surface area contributed by atoms with Gasteiger partial charge in [0.1, 0.15) is 11.0 Å². The van der Waals surface area contributed by atoms with Gasteiger partial charge in [-0.25, -0.2) is 13.4 Å². The standard InChI is InChI=1S/C10H16ClN5O2S/c1-2-19(17,18)16-5-3-15(4-6-16)9-7-8(11)13-10(12)14-9/h7H,2-6H2,1H3,(H2,12,13,14). The lowest BCUT2D eigenvalue weighted by Crippen LogP contribution is -2.49. The molecule has 0 aromatic carbocycles. The van der Waals surface area contributed by atoms with Crippen molar-refractivity contribution in [1.29, 1.82) is 0 Å². The van der Waals surface area contributed by atoms with Crippen LogP contribution in [0.4, 0.5) is 11.8 Å². The Hall–Kier alpha value is -1.12. The first-order chi connectivity index (χ1) is 8.92. The molecule has 1 aromatic heterocycles. The Balaban J connectivity index is 2.08. The third-order valence-corrected chi connectivity index (χ3v) is 5.09. The highest BCUT2D eigenvalue weighted by molar-refractivity contribution is 7.89. The van der Waals surface area contributed by atoms with Crippen molar-refractivity contribution < 1.29 is 8.42 Å². The van der Waals surface area contributed by atoms with Gasteiger partial charge in [-0.15, -0.1) is 0 Å². The van der Waals surface area contributed by atoms with E-state index in [1.807, 2.05) is 4.90 Å². The summed E-state index contributed by atoms with van der Waals surface area (Å²) in [5, 5.41) is 0.283. The van der Waals surface area contributed by atoms with Crippen LogP contribution in [0.1, 0.15) is 6.92 Å². The third-order valence-electron chi connectivity index (χ3n) is 3.02. The average Bonchev–Trinajstić information content (AvgIpc) is 2.38. The Morgan fingerprint density at radius 3 is 2.47 bits per heavy atom. The Kier molecular flexibility index (Phi) is 4.12. The zero-order chi connectivity index (χ0) is 14.0. The zero-order valence-electron chi connectivity index (χ0n) is 10.6. The molecule has 106 valence electrons. The lowest BCUT2D eigenvalue weighted by molar-refractivity contribution is 0.384. The monoisotopic (exact) mass is 305 g/mol. The Labute approximate surface area is 117 Å². The van der Waals surface area contributed by atoms with Gasteiger partial charge in [-0.2, -0.15) is 9.29 Å². The summed E-state index contributed by atoms with van der Waals surface area (Å²) in [7, 11) is -3.12. The number of piperazine rings is 1. The minimum absolute atomic E-state index is 0.117. The normalized spacial score (nSPS) is 17.7. The van der Waals surface area contributed by atoms with Gasteiger partial charge in [0.05, 0.1) is 5.75 Å². The molecule has 2 heterocycles. The van der Waals surface area contributed by atoms with E-state index in [0.29, 0.717) is 32.0 Å². The van der Waals surface area contributed by atoms with Crippen LogP contribution in [0.25, 0.3) is 0 Å². The number of halogens is 1. The Morgan fingerprint density at radius 1 is 1.32 bits per heavy atom. The van der Waals surface area contributed by atoms with Gasteiger partial charge in [0, 0.05) is 32.2 Å². The van der Waals surface area contributed by atoms with Crippen LogP contribution in [0.5, 0.6) is 0 Å². The summed E-state index contributed by atoms with van der Waals surface area (Å²) in [5.74, 6) is 0.872. The van der Waals surface area contributed by atoms with Crippen LogP contribution in [-0.4, -0.2) is 54.6 Å². The number of nitrogens with zero attached hydrogens (tertiary/aromatic N) is 4. The molecule has 0 atom stereocenters. The number of hydrogen-bond acceptors (Lipinski definition) is 6. The highest BCUT2D eigenvalue weighted by Crippen LogP contribution is 2.19. The molecule has 19 heavy (non-hydrogen) atoms. The molecule has 1 aromatic rings. The predicted molar refractivity (Wildman–Crippen MR) is 74.7 cm³/mol. The maximum atomic E-state index is 11.7. The fourth-order valence-electron chi connectivity index (χ4n) is 1.96. The fraction of sp³-hybridized carbons (Fsp3) is 0.600. The van der Waals surface area contributed by atoms with E-state index >= 15 is 0 Å². The van der Waals surface area contributed by atoms with Crippen molar-refractivity contribution in [2.45, 2.75) is 6.92 Å². The van der Waals surface area contributed by atoms with Crippen LogP contribution in [-0.2, 0) is 10.0 Å². The first-order valence-corrected chi connectivity index (χ1v) is 7.94. The summed E-state index contributed by atoms with van der Waals surface area (Å²) in [5.41, 5.74) is 5.54. The van der Waals surface area contributed by atoms with Gasteiger partial charge < -0.3 is 10.6 Å². The number of nitrogens with two attached hydrogens (primary N) is 1. The van der Waals surface area contributed by atoms with E-state index < -0.39 is 10.0 Å². The molecule has 0 aliphatic carbocycles. The SMILES string of the molecule is CCS(=O)(=O)N1CCN(c2cc(Cl)nc(N)n2)CC1. The number of rotatable bonds is 3. The van der Waals surface area contributed by atoms with Gasteiger partial charge in [-0.1, -0.05) is 11.6 Å². The third kappa shape index (κ3) is 3.26. The minimum atomic E-state index is -3.12. The summed E-state index contributed by atoms with van der Waals surface area (Å²) in [4.78, 5) is 9.85. The molecular weight excluding hydrogens is 290 g/mol. The molecule has 9 heteroatoms. The fourth-order valence-corrected chi connectivity index (χ4v) is 3.23. The van der Waals surface area contributed by atoms with Crippen molar-refractivity contribution in [3.8, 4) is 0 Å². The smallest absolute Gasteiger partial charge is 0.223 e. The van der Waals surface area contributed by atoms with Crippen LogP contribution in [0.15, 0.2) is 6.07 Å². The second-order valence-electron chi connectivity index (χ2n) is 4.19. The first kappa shape index (κ1) is 14.3. The maximum Gasteiger partial charge on any atom is 0.223 e. The van der Waals surface area contributed by atoms with E-state index in [-0.39, 0.29) is 16.9 Å². The summed E-state index contributed by atoms with van der Waals surface area (Å²) in [6.07, 6.45) is 0. The molecule has 0 saturated carbocycles. The number of hydrogen-bond donors (Lipinski definition) is 1. The van der Waals surface area contributed by atoms with Crippen LogP contribution >= 0.6 is 11.6 Å². The van der Waals surface area contributed by atoms with Crippen molar-refractivity contribution in [3.63, 3.8) is 0 Å². The molecule has 0 unspecified atom stereocenters. The molecule has 1 aliphatic rings. The van der Waals surface area contributed by atoms with Gasteiger partial charge in [-0.05, 0) is 6.92 Å². The molecule has 1 saturated heterocycles. The molecule has 1 aliphatic heterocycles. The minimum Gasteiger partial charge on any atom is -0.368 e. The van der Waals surface area contributed by atoms with Crippen LogP contribution < -0.4 is 10.6 Å². The average molecular weight is 306 g/mol. The van der Waals surface area contributed by atoms with E-state index in [2.05, 4.69) is 9.97 Å². The van der Waals surface area contributed by atoms with E-state index in [0.717, 1.165) is 0 Å². The quantitative estimate of drug-likeness (QED) is 0.801. The van der Waals surface area contributed by atoms with Crippen LogP contribution in [0.3, 0.4) is 0 Å². The van der Waals surface area contributed by atoms with Crippen molar-refractivity contribution >= 4 is 33.4 Å². The van der Waals surface area contributed by atoms with E-state index in [4.69, 9.17) is 17.3 Å². The van der Waals surface area contributed by atoms with Gasteiger partial charge in [-0.3, -0.25) is 0 Å². The largest absolute Gasteiger partial charge is 0.368 e. The molecule has 7 nitrogen and oxygen atoms in total. The second-order valence-corrected chi connectivity index (χ2v) is 6.84. The van der Waals surface area contributed by atoms with Crippen molar-refractivity contribution in [3.05, 3.63) is 11.2 Å². The van der Waals surface area contributed by atoms with Crippen LogP contribution in [0, 0.1) is 0 Å². The topological polar surface area (TPSA) is 92.4 Å². The molecule has 2 N–H and O–H groups in total. The Morgan fingerprint density at radius 2 is 1.95 bits per heavy atom. The number of nitrogen functional groups attached to an aromatic ring is 1. The number of anilines is 2. The van der Waals surface area contributed by atoms with Crippen molar-refractivity contribution in [2.24, 2.45) is 0 Å². The molecule has 0 spiro atoms. The second kappa shape index (κ2) is 5.48. The lowest BCUT2D eigenvalue weighted by atomic mass is 10.3. The highest BCUT2D eigenvalue weighted by Gasteiger charge is 2.26. The lowest BCUT2D eigenvalue weighted by Gasteiger charge is -2.34. The van der Waals surface area contributed by atoms with Crippen molar-refractivity contribution in [2.75, 3.05) is 42.6 Å². The molecule has 1 fully saturated rings. The van der Waals surface area contributed by atoms with E-state index in [1.165, 1.54) is 4.31 Å². The van der Waals surface area contributed by atoms with Gasteiger partial charge in [0.25, 0.3) is 0 Å². The van der Waals surface area contributed by atoms with Crippen LogP contribution in [0.2, 0.25) is 5.15 Å². The Bertz CT molecular complexity index is 537. The number of aromatic nitrogens is 2. The van der Waals surface area contributed by atoms with Crippen molar-refractivity contribution in [1.82, 2.24) is 14.3 Å². The van der Waals surface area contributed by atoms with Gasteiger partial charge in [0.15, 0.2) is 0 Å². The first-order valence-electron chi connectivity index (χ1n) is 5.95. The van der Waals surface area contributed by atoms with E-state index in [9.17, 15) is 8.42 Å². The molecule has 0 bridgehead atoms. The summed E-state index contributed by atoms with van der Waals surface area (Å²) < 4.78 is 25.0. The predicted octanol–water partition coefficient (Wildman–Crippen LogP) is 0.184.